The van der Waals surface area contributed by atoms with E-state index >= 15 is 0 Å². The van der Waals surface area contributed by atoms with E-state index < -0.39 is 0 Å². The van der Waals surface area contributed by atoms with Crippen LogP contribution in [0.2, 0.25) is 0 Å². The third kappa shape index (κ3) is 4.62. The van der Waals surface area contributed by atoms with Gasteiger partial charge in [-0.2, -0.15) is 5.10 Å². The quantitative estimate of drug-likeness (QED) is 0.622. The first kappa shape index (κ1) is 19.9. The summed E-state index contributed by atoms with van der Waals surface area (Å²) < 4.78 is 12.7. The molecule has 1 aliphatic rings. The van der Waals surface area contributed by atoms with Gasteiger partial charge in [0, 0.05) is 24.0 Å². The third-order valence-corrected chi connectivity index (χ3v) is 5.24. The van der Waals surface area contributed by atoms with Crippen LogP contribution in [0.3, 0.4) is 0 Å². The summed E-state index contributed by atoms with van der Waals surface area (Å²) >= 11 is 0. The fraction of sp³-hybridized carbons (Fsp3) is 0.348. The number of nitrogens with one attached hydrogen (secondary N) is 1. The second-order valence-electron chi connectivity index (χ2n) is 7.23. The van der Waals surface area contributed by atoms with E-state index in [2.05, 4.69) is 10.3 Å². The monoisotopic (exact) mass is 406 g/mol. The Hall–Kier alpha value is -3.35. The summed E-state index contributed by atoms with van der Waals surface area (Å²) in [6.45, 7) is 1.10. The lowest BCUT2D eigenvalue weighted by molar-refractivity contribution is -0.123. The number of hydrogen-bond acceptors (Lipinski definition) is 5. The molecule has 0 bridgehead atoms. The minimum absolute atomic E-state index is 0.0251. The van der Waals surface area contributed by atoms with E-state index in [4.69, 9.17) is 14.6 Å². The summed E-state index contributed by atoms with van der Waals surface area (Å²) in [6, 6.07) is 13.1. The highest BCUT2D eigenvalue weighted by molar-refractivity contribution is 5.77. The Morgan fingerprint density at radius 2 is 1.90 bits per heavy atom. The van der Waals surface area contributed by atoms with Gasteiger partial charge in [0.15, 0.2) is 6.61 Å². The summed E-state index contributed by atoms with van der Waals surface area (Å²) in [5.74, 6) is 1.23. The molecule has 3 aromatic rings. The number of benzene rings is 1. The van der Waals surface area contributed by atoms with Crippen LogP contribution < -0.4 is 14.8 Å². The molecular weight excluding hydrogens is 380 g/mol. The number of carbonyl (C=O) groups excluding carboxylic acids is 1. The normalized spacial score (nSPS) is 12.8. The molecular formula is C23H26N4O3. The predicted molar refractivity (Wildman–Crippen MR) is 114 cm³/mol. The molecule has 156 valence electrons. The maximum atomic E-state index is 12.1. The number of carbonyl (C=O) groups is 1. The molecule has 4 rings (SSSR count). The highest BCUT2D eigenvalue weighted by Gasteiger charge is 2.22. The van der Waals surface area contributed by atoms with Crippen molar-refractivity contribution in [3.8, 4) is 22.9 Å². The van der Waals surface area contributed by atoms with Gasteiger partial charge in [-0.15, -0.1) is 0 Å². The van der Waals surface area contributed by atoms with Crippen LogP contribution in [0, 0.1) is 0 Å². The number of ether oxygens (including phenoxy) is 2. The van der Waals surface area contributed by atoms with Crippen LogP contribution in [-0.2, 0) is 24.2 Å². The van der Waals surface area contributed by atoms with E-state index in [0.29, 0.717) is 18.8 Å². The minimum atomic E-state index is -0.156. The molecule has 1 amide bonds. The second-order valence-corrected chi connectivity index (χ2v) is 7.23. The van der Waals surface area contributed by atoms with Crippen LogP contribution >= 0.6 is 0 Å². The first-order valence-corrected chi connectivity index (χ1v) is 10.3. The zero-order chi connectivity index (χ0) is 20.8. The number of hydrogen-bond donors (Lipinski definition) is 1. The number of fused-ring (bicyclic) bond motifs is 1. The van der Waals surface area contributed by atoms with Crippen molar-refractivity contribution in [2.24, 2.45) is 0 Å². The van der Waals surface area contributed by atoms with Crippen molar-refractivity contribution in [1.82, 2.24) is 20.1 Å². The molecule has 0 radical (unpaired) electrons. The maximum absolute atomic E-state index is 12.1. The average molecular weight is 406 g/mol. The van der Waals surface area contributed by atoms with Crippen molar-refractivity contribution in [3.63, 3.8) is 0 Å². The third-order valence-electron chi connectivity index (χ3n) is 5.24. The molecule has 0 fully saturated rings. The van der Waals surface area contributed by atoms with Crippen LogP contribution in [0.1, 0.15) is 24.1 Å². The van der Waals surface area contributed by atoms with Gasteiger partial charge in [-0.1, -0.05) is 6.07 Å². The fourth-order valence-corrected chi connectivity index (χ4v) is 3.74. The molecule has 2 aromatic heterocycles. The molecule has 0 aliphatic heterocycles. The number of amides is 1. The smallest absolute Gasteiger partial charge is 0.258 e. The lowest BCUT2D eigenvalue weighted by Gasteiger charge is -2.14. The zero-order valence-corrected chi connectivity index (χ0v) is 17.1. The van der Waals surface area contributed by atoms with Crippen molar-refractivity contribution in [2.45, 2.75) is 32.2 Å². The van der Waals surface area contributed by atoms with Crippen molar-refractivity contribution in [2.75, 3.05) is 20.3 Å². The summed E-state index contributed by atoms with van der Waals surface area (Å²) in [7, 11) is 1.61. The molecule has 0 spiro atoms. The molecule has 1 aromatic carbocycles. The predicted octanol–water partition coefficient (Wildman–Crippen LogP) is 3.03. The Kier molecular flexibility index (Phi) is 6.27. The molecule has 0 unspecified atom stereocenters. The van der Waals surface area contributed by atoms with E-state index in [0.717, 1.165) is 30.0 Å². The van der Waals surface area contributed by atoms with Gasteiger partial charge in [-0.05, 0) is 62.1 Å². The number of nitrogens with zero attached hydrogens (tertiary/aromatic N) is 3. The highest BCUT2D eigenvalue weighted by Crippen LogP contribution is 2.30. The average Bonchev–Trinajstić information content (AvgIpc) is 3.17. The van der Waals surface area contributed by atoms with Crippen molar-refractivity contribution >= 4 is 5.91 Å². The molecule has 7 heteroatoms. The summed E-state index contributed by atoms with van der Waals surface area (Å²) in [5.41, 5.74) is 4.45. The Balaban J connectivity index is 1.33. The van der Waals surface area contributed by atoms with Gasteiger partial charge in [0.05, 0.1) is 19.3 Å². The second kappa shape index (κ2) is 9.43. The maximum Gasteiger partial charge on any atom is 0.258 e. The zero-order valence-electron chi connectivity index (χ0n) is 17.1. The van der Waals surface area contributed by atoms with Crippen molar-refractivity contribution in [1.29, 1.82) is 0 Å². The summed E-state index contributed by atoms with van der Waals surface area (Å²) in [5, 5.41) is 7.74. The van der Waals surface area contributed by atoms with Crippen molar-refractivity contribution in [3.05, 3.63) is 59.9 Å². The van der Waals surface area contributed by atoms with Crippen LogP contribution in [-0.4, -0.2) is 40.9 Å². The minimum Gasteiger partial charge on any atom is -0.497 e. The first-order valence-electron chi connectivity index (χ1n) is 10.3. The molecule has 0 saturated carbocycles. The van der Waals surface area contributed by atoms with Gasteiger partial charge in [0.25, 0.3) is 5.91 Å². The van der Waals surface area contributed by atoms with E-state index in [1.807, 2.05) is 22.9 Å². The van der Waals surface area contributed by atoms with Gasteiger partial charge in [-0.3, -0.25) is 14.5 Å². The number of rotatable bonds is 8. The summed E-state index contributed by atoms with van der Waals surface area (Å²) in [4.78, 5) is 16.6. The van der Waals surface area contributed by atoms with E-state index in [1.165, 1.54) is 24.1 Å². The highest BCUT2D eigenvalue weighted by atomic mass is 16.5. The number of methoxy groups -OCH3 is 1. The first-order chi connectivity index (χ1) is 14.7. The topological polar surface area (TPSA) is 78.3 Å². The molecule has 7 nitrogen and oxygen atoms in total. The Morgan fingerprint density at radius 3 is 2.67 bits per heavy atom. The largest absolute Gasteiger partial charge is 0.497 e. The Labute approximate surface area is 176 Å². The lowest BCUT2D eigenvalue weighted by Crippen LogP contribution is -2.32. The molecule has 1 N–H and O–H groups in total. The molecule has 2 heterocycles. The van der Waals surface area contributed by atoms with Crippen LogP contribution in [0.15, 0.2) is 48.7 Å². The van der Waals surface area contributed by atoms with Gasteiger partial charge >= 0.3 is 0 Å². The Bertz CT molecular complexity index is 984. The van der Waals surface area contributed by atoms with Gasteiger partial charge in [0.2, 0.25) is 0 Å². The van der Waals surface area contributed by atoms with E-state index in [1.54, 1.807) is 37.6 Å². The molecule has 1 aliphatic carbocycles. The molecule has 0 saturated heterocycles. The van der Waals surface area contributed by atoms with Gasteiger partial charge in [0.1, 0.15) is 17.2 Å². The van der Waals surface area contributed by atoms with Gasteiger partial charge in [-0.25, -0.2) is 0 Å². The van der Waals surface area contributed by atoms with Crippen LogP contribution in [0.25, 0.3) is 11.4 Å². The van der Waals surface area contributed by atoms with E-state index in [-0.39, 0.29) is 12.5 Å². The summed E-state index contributed by atoms with van der Waals surface area (Å²) in [6.07, 6.45) is 6.19. The van der Waals surface area contributed by atoms with Gasteiger partial charge < -0.3 is 14.8 Å². The standard InChI is InChI=1S/C23H26N4O3/c1-29-17-9-11-18(12-10-17)30-16-22(28)25-14-15-27-21-8-3-2-6-19(21)23(26-27)20-7-4-5-13-24-20/h4-5,7,9-13H,2-3,6,8,14-16H2,1H3,(H,25,28). The number of pyridine rings is 1. The fourth-order valence-electron chi connectivity index (χ4n) is 3.74. The molecule has 0 atom stereocenters. The van der Waals surface area contributed by atoms with Crippen LogP contribution in [0.4, 0.5) is 0 Å². The Morgan fingerprint density at radius 1 is 1.10 bits per heavy atom. The number of aromatic nitrogens is 3. The van der Waals surface area contributed by atoms with Crippen molar-refractivity contribution < 1.29 is 14.3 Å². The molecule has 30 heavy (non-hydrogen) atoms. The SMILES string of the molecule is COc1ccc(OCC(=O)NCCn2nc(-c3ccccn3)c3c2CCCC3)cc1. The lowest BCUT2D eigenvalue weighted by atomic mass is 9.95. The van der Waals surface area contributed by atoms with E-state index in [9.17, 15) is 4.79 Å². The van der Waals surface area contributed by atoms with Crippen LogP contribution in [0.5, 0.6) is 11.5 Å².